The highest BCUT2D eigenvalue weighted by atomic mass is 79.9. The molecule has 1 aliphatic carbocycles. The first-order valence-corrected chi connectivity index (χ1v) is 8.76. The minimum absolute atomic E-state index is 0.148. The minimum Gasteiger partial charge on any atom is -0.481 e. The highest BCUT2D eigenvalue weighted by Crippen LogP contribution is 2.26. The second kappa shape index (κ2) is 7.18. The third-order valence-corrected chi connectivity index (χ3v) is 4.64. The summed E-state index contributed by atoms with van der Waals surface area (Å²) in [7, 11) is 0. The second-order valence-electron chi connectivity index (χ2n) is 5.89. The Labute approximate surface area is 145 Å². The van der Waals surface area contributed by atoms with Gasteiger partial charge < -0.3 is 10.1 Å². The second-order valence-corrected chi connectivity index (χ2v) is 6.81. The van der Waals surface area contributed by atoms with Crippen molar-refractivity contribution < 1.29 is 9.53 Å². The van der Waals surface area contributed by atoms with Crippen LogP contribution in [0.25, 0.3) is 0 Å². The maximum Gasteiger partial charge on any atom is 0.265 e. The number of benzene rings is 2. The van der Waals surface area contributed by atoms with Gasteiger partial charge in [-0.2, -0.15) is 0 Å². The highest BCUT2D eigenvalue weighted by Gasteiger charge is 2.16. The molecule has 0 saturated heterocycles. The van der Waals surface area contributed by atoms with E-state index in [4.69, 9.17) is 4.74 Å². The van der Waals surface area contributed by atoms with Crippen molar-refractivity contribution in [3.8, 4) is 5.75 Å². The Kier molecular flexibility index (Phi) is 5.01. The largest absolute Gasteiger partial charge is 0.481 e. The summed E-state index contributed by atoms with van der Waals surface area (Å²) in [5.74, 6) is 0.620. The van der Waals surface area contributed by atoms with Crippen LogP contribution in [0.2, 0.25) is 0 Å². The molecular formula is C19H20BrNO2. The Morgan fingerprint density at radius 1 is 1.09 bits per heavy atom. The molecule has 3 rings (SSSR count). The first kappa shape index (κ1) is 16.1. The number of halogens is 1. The topological polar surface area (TPSA) is 38.3 Å². The summed E-state index contributed by atoms with van der Waals surface area (Å²) in [4.78, 5) is 12.2. The fourth-order valence-corrected chi connectivity index (χ4v) is 3.08. The van der Waals surface area contributed by atoms with Gasteiger partial charge in [0.1, 0.15) is 5.75 Å². The SMILES string of the molecule is C[C@@H](Oc1ccc2c(c1)CCCC2)C(=O)Nc1ccc(Br)cc1. The number of amides is 1. The molecule has 0 aromatic heterocycles. The van der Waals surface area contributed by atoms with E-state index in [0.717, 1.165) is 28.8 Å². The summed E-state index contributed by atoms with van der Waals surface area (Å²) in [5.41, 5.74) is 3.53. The van der Waals surface area contributed by atoms with E-state index in [-0.39, 0.29) is 5.91 Å². The Morgan fingerprint density at radius 2 is 1.78 bits per heavy atom. The van der Waals surface area contributed by atoms with Gasteiger partial charge in [0.2, 0.25) is 0 Å². The molecule has 0 bridgehead atoms. The standard InChI is InChI=1S/C19H20BrNO2/c1-13(19(22)21-17-9-7-16(20)8-10-17)23-18-11-6-14-4-2-3-5-15(14)12-18/h6-13H,2-5H2,1H3,(H,21,22)/t13-/m1/s1. The summed E-state index contributed by atoms with van der Waals surface area (Å²) >= 11 is 3.38. The van der Waals surface area contributed by atoms with Crippen molar-refractivity contribution in [1.29, 1.82) is 0 Å². The van der Waals surface area contributed by atoms with Crippen molar-refractivity contribution in [3.05, 3.63) is 58.1 Å². The van der Waals surface area contributed by atoms with Crippen molar-refractivity contribution in [1.82, 2.24) is 0 Å². The molecule has 0 saturated carbocycles. The van der Waals surface area contributed by atoms with Crippen LogP contribution in [0.15, 0.2) is 46.9 Å². The molecule has 0 spiro atoms. The van der Waals surface area contributed by atoms with E-state index < -0.39 is 6.10 Å². The molecule has 1 amide bonds. The average molecular weight is 374 g/mol. The van der Waals surface area contributed by atoms with E-state index in [1.54, 1.807) is 6.92 Å². The van der Waals surface area contributed by atoms with E-state index in [9.17, 15) is 4.79 Å². The van der Waals surface area contributed by atoms with Crippen LogP contribution in [0.4, 0.5) is 5.69 Å². The van der Waals surface area contributed by atoms with Crippen LogP contribution in [0.5, 0.6) is 5.75 Å². The van der Waals surface area contributed by atoms with E-state index in [2.05, 4.69) is 33.4 Å². The molecule has 0 aliphatic heterocycles. The number of fused-ring (bicyclic) bond motifs is 1. The summed E-state index contributed by atoms with van der Waals surface area (Å²) < 4.78 is 6.80. The number of anilines is 1. The first-order valence-electron chi connectivity index (χ1n) is 7.97. The Morgan fingerprint density at radius 3 is 2.52 bits per heavy atom. The van der Waals surface area contributed by atoms with Crippen LogP contribution in [0, 0.1) is 0 Å². The molecule has 1 atom stereocenters. The van der Waals surface area contributed by atoms with Gasteiger partial charge in [0.05, 0.1) is 0 Å². The smallest absolute Gasteiger partial charge is 0.265 e. The molecule has 2 aromatic carbocycles. The summed E-state index contributed by atoms with van der Waals surface area (Å²) in [6, 6.07) is 13.7. The third-order valence-electron chi connectivity index (χ3n) is 4.11. The van der Waals surface area contributed by atoms with E-state index in [1.807, 2.05) is 30.3 Å². The lowest BCUT2D eigenvalue weighted by molar-refractivity contribution is -0.122. The number of rotatable bonds is 4. The molecule has 0 heterocycles. The number of aryl methyl sites for hydroxylation is 2. The van der Waals surface area contributed by atoms with Crippen LogP contribution in [0.3, 0.4) is 0 Å². The van der Waals surface area contributed by atoms with Gasteiger partial charge in [-0.15, -0.1) is 0 Å². The van der Waals surface area contributed by atoms with Gasteiger partial charge in [-0.3, -0.25) is 4.79 Å². The molecule has 2 aromatic rings. The number of carbonyl (C=O) groups excluding carboxylic acids is 1. The molecule has 23 heavy (non-hydrogen) atoms. The van der Waals surface area contributed by atoms with Crippen molar-refractivity contribution in [3.63, 3.8) is 0 Å². The number of hydrogen-bond acceptors (Lipinski definition) is 2. The fraction of sp³-hybridized carbons (Fsp3) is 0.316. The van der Waals surface area contributed by atoms with Crippen LogP contribution < -0.4 is 10.1 Å². The number of ether oxygens (including phenoxy) is 1. The Balaban J connectivity index is 1.62. The number of hydrogen-bond donors (Lipinski definition) is 1. The van der Waals surface area contributed by atoms with Gasteiger partial charge in [-0.1, -0.05) is 22.0 Å². The molecule has 3 nitrogen and oxygen atoms in total. The fourth-order valence-electron chi connectivity index (χ4n) is 2.82. The zero-order valence-corrected chi connectivity index (χ0v) is 14.7. The molecule has 0 radical (unpaired) electrons. The quantitative estimate of drug-likeness (QED) is 0.840. The molecular weight excluding hydrogens is 354 g/mol. The monoisotopic (exact) mass is 373 g/mol. The lowest BCUT2D eigenvalue weighted by Crippen LogP contribution is -2.30. The van der Waals surface area contributed by atoms with Crippen molar-refractivity contribution in [2.75, 3.05) is 5.32 Å². The van der Waals surface area contributed by atoms with Crippen molar-refractivity contribution in [2.24, 2.45) is 0 Å². The van der Waals surface area contributed by atoms with E-state index >= 15 is 0 Å². The number of carbonyl (C=O) groups is 1. The molecule has 0 fully saturated rings. The third kappa shape index (κ3) is 4.14. The predicted molar refractivity (Wildman–Crippen MR) is 95.9 cm³/mol. The van der Waals surface area contributed by atoms with Gasteiger partial charge in [-0.25, -0.2) is 0 Å². The summed E-state index contributed by atoms with van der Waals surface area (Å²) in [6.07, 6.45) is 4.21. The zero-order chi connectivity index (χ0) is 16.2. The Bertz CT molecular complexity index is 697. The normalized spacial score (nSPS) is 14.7. The minimum atomic E-state index is -0.541. The molecule has 120 valence electrons. The molecule has 1 aliphatic rings. The Hall–Kier alpha value is -1.81. The van der Waals surface area contributed by atoms with E-state index in [1.165, 1.54) is 24.0 Å². The summed E-state index contributed by atoms with van der Waals surface area (Å²) in [5, 5.41) is 2.87. The van der Waals surface area contributed by atoms with Crippen LogP contribution in [-0.2, 0) is 17.6 Å². The lowest BCUT2D eigenvalue weighted by Gasteiger charge is -2.19. The molecule has 1 N–H and O–H groups in total. The van der Waals surface area contributed by atoms with E-state index in [0.29, 0.717) is 0 Å². The molecule has 0 unspecified atom stereocenters. The van der Waals surface area contributed by atoms with Crippen molar-refractivity contribution >= 4 is 27.5 Å². The zero-order valence-electron chi connectivity index (χ0n) is 13.1. The molecule has 4 heteroatoms. The lowest BCUT2D eigenvalue weighted by atomic mass is 9.92. The van der Waals surface area contributed by atoms with Crippen LogP contribution >= 0.6 is 15.9 Å². The van der Waals surface area contributed by atoms with Crippen LogP contribution in [-0.4, -0.2) is 12.0 Å². The van der Waals surface area contributed by atoms with Gasteiger partial charge in [0.25, 0.3) is 5.91 Å². The first-order chi connectivity index (χ1) is 11.1. The van der Waals surface area contributed by atoms with Gasteiger partial charge in [0.15, 0.2) is 6.10 Å². The maximum atomic E-state index is 12.2. The average Bonchev–Trinajstić information content (AvgIpc) is 2.56. The maximum absolute atomic E-state index is 12.2. The van der Waals surface area contributed by atoms with Crippen molar-refractivity contribution in [2.45, 2.75) is 38.7 Å². The van der Waals surface area contributed by atoms with Gasteiger partial charge in [0, 0.05) is 10.2 Å². The van der Waals surface area contributed by atoms with Gasteiger partial charge >= 0.3 is 0 Å². The van der Waals surface area contributed by atoms with Gasteiger partial charge in [-0.05, 0) is 80.1 Å². The highest BCUT2D eigenvalue weighted by molar-refractivity contribution is 9.10. The summed E-state index contributed by atoms with van der Waals surface area (Å²) in [6.45, 7) is 1.77. The number of nitrogens with one attached hydrogen (secondary N) is 1. The van der Waals surface area contributed by atoms with Crippen LogP contribution in [0.1, 0.15) is 30.9 Å². The predicted octanol–water partition coefficient (Wildman–Crippen LogP) is 4.73.